The second-order valence-electron chi connectivity index (χ2n) is 29.0. The molecule has 0 radical (unpaired) electrons. The molecule has 0 atom stereocenters. The van der Waals surface area contributed by atoms with Crippen molar-refractivity contribution in [3.63, 3.8) is 0 Å². The lowest BCUT2D eigenvalue weighted by molar-refractivity contribution is -0.213. The Morgan fingerprint density at radius 3 is 0.890 bits per heavy atom. The molecule has 0 aliphatic heterocycles. The minimum absolute atomic E-state index is 0. The van der Waals surface area contributed by atoms with E-state index in [2.05, 4.69) is 60.6 Å². The maximum absolute atomic E-state index is 12.8. The third kappa shape index (κ3) is 21.3. The summed E-state index contributed by atoms with van der Waals surface area (Å²) < 4.78 is 103. The van der Waals surface area contributed by atoms with Gasteiger partial charge in [0, 0.05) is 16.7 Å². The van der Waals surface area contributed by atoms with Gasteiger partial charge >= 0.3 is 42.2 Å². The first-order chi connectivity index (χ1) is 42.3. The molecule has 11 rings (SSSR count). The van der Waals surface area contributed by atoms with E-state index in [9.17, 15) is 50.3 Å². The summed E-state index contributed by atoms with van der Waals surface area (Å²) in [6, 6.07) is 0. The molecule has 0 unspecified atom stereocenters. The highest BCUT2D eigenvalue weighted by Crippen LogP contribution is 2.63. The van der Waals surface area contributed by atoms with E-state index in [0.717, 1.165) is 121 Å². The van der Waals surface area contributed by atoms with Crippen LogP contribution < -0.4 is 0 Å². The molecular weight excluding hydrogens is 1170 g/mol. The summed E-state index contributed by atoms with van der Waals surface area (Å²) in [6.07, 6.45) is 28.4. The summed E-state index contributed by atoms with van der Waals surface area (Å²) in [5.74, 6) is 1.69. The Morgan fingerprint density at radius 2 is 0.604 bits per heavy atom. The molecule has 0 N–H and O–H groups in total. The average Bonchev–Trinajstić information content (AvgIpc) is 1.16. The van der Waals surface area contributed by atoms with E-state index in [1.165, 1.54) is 96.3 Å². The number of esters is 5. The van der Waals surface area contributed by atoms with Crippen LogP contribution >= 0.6 is 0 Å². The van der Waals surface area contributed by atoms with Crippen LogP contribution in [0, 0.1) is 47.3 Å². The summed E-state index contributed by atoms with van der Waals surface area (Å²) >= 11 is 0. The molecule has 91 heavy (non-hydrogen) atoms. The smallest absolute Gasteiger partial charge is 0.422 e. The first-order valence-corrected chi connectivity index (χ1v) is 35.0. The normalized spacial score (nSPS) is 29.1. The van der Waals surface area contributed by atoms with Crippen LogP contribution in [0.25, 0.3) is 0 Å². The number of unbranched alkanes of at least 4 members (excludes halogenated alkanes) is 3. The molecule has 0 amide bonds. The van der Waals surface area contributed by atoms with E-state index in [4.69, 9.17) is 23.7 Å². The fourth-order valence-corrected chi connectivity index (χ4v) is 17.2. The lowest BCUT2D eigenvalue weighted by Gasteiger charge is -2.60. The number of hydrogen-bond donors (Lipinski definition) is 0. The van der Waals surface area contributed by atoms with Crippen LogP contribution in [-0.2, 0) is 47.7 Å². The highest BCUT2D eigenvalue weighted by molar-refractivity contribution is 5.90. The summed E-state index contributed by atoms with van der Waals surface area (Å²) in [6.45, 7) is 32.4. The zero-order valence-corrected chi connectivity index (χ0v) is 56.5. The zero-order valence-electron chi connectivity index (χ0n) is 56.5. The second-order valence-corrected chi connectivity index (χ2v) is 29.0. The summed E-state index contributed by atoms with van der Waals surface area (Å²) in [7, 11) is 0. The number of carbonyl (C=O) groups is 5. The number of ether oxygens (including phenoxy) is 5. The first kappa shape index (κ1) is 79.1. The van der Waals surface area contributed by atoms with Crippen LogP contribution in [-0.4, -0.2) is 70.2 Å². The van der Waals surface area contributed by atoms with Crippen molar-refractivity contribution in [2.24, 2.45) is 47.3 Å². The van der Waals surface area contributed by atoms with E-state index in [0.29, 0.717) is 66.1 Å². The highest BCUT2D eigenvalue weighted by atomic mass is 19.4. The maximum atomic E-state index is 12.8. The van der Waals surface area contributed by atoms with Crippen molar-refractivity contribution in [2.45, 2.75) is 334 Å². The second kappa shape index (κ2) is 34.9. The van der Waals surface area contributed by atoms with Gasteiger partial charge in [0.1, 0.15) is 39.2 Å². The number of rotatable bonds is 21. The fraction of sp³-hybridized carbons (Fsp3) is 0.800. The number of halogens is 6. The fourth-order valence-electron chi connectivity index (χ4n) is 17.2. The average molecular weight is 1290 g/mol. The SMILES string of the molecule is C.C=C(C(=O)OC1(CCCC)C2CC3CC(C2)CC1C3)C(F)(F)F.C=C(C(=O)OC1(CCCC)CCCC1)C(F)(F)F.C=C(C)C(=O)OC1(CC)CCCC1.C=C(C)C(=O)OC1(CC)CCCCCCC1.C=C(C)C(=O)OC1(CCCC)C2CC3CC(C2)CC1C3. The largest absolute Gasteiger partial charge is 0.456 e. The summed E-state index contributed by atoms with van der Waals surface area (Å²) in [4.78, 5) is 58.8. The lowest BCUT2D eigenvalue weighted by Crippen LogP contribution is -2.59. The highest BCUT2D eigenvalue weighted by Gasteiger charge is 2.61. The Hall–Kier alpha value is -4.37. The van der Waals surface area contributed by atoms with Gasteiger partial charge in [0.2, 0.25) is 0 Å². The standard InChI is InChI=1S/C18H25F3O2.C18H28O2.C14H24O2.C13H19F3O2.C11H18O2.CH4/c1-3-4-5-17(23-16(22)11(2)18(19,20)21)14-7-12-6-13(9-14)10-15(17)8-12;1-4-5-6-18(20-17(19)12(2)3)15-8-13-7-14(10-15)11-16(18)9-13;1-4-14(16-13(15)12(2)3)10-8-6-5-7-9-11-14;1-3-4-7-12(8-5-6-9-12)18-11(17)10(2)13(14,15)16;1-4-11(7-5-6-8-11)13-10(12)9(2)3;/h12-15H,2-10H2,1H3;13-16H,2,4-11H2,1,3H3;2,4-11H2,1,3H3;2-9H2,1H3;2,4-8H2,1,3H3;1H4. The van der Waals surface area contributed by atoms with Gasteiger partial charge in [-0.1, -0.05) is 113 Å². The molecule has 0 aromatic heterocycles. The number of carbonyl (C=O) groups excluding carboxylic acids is 5. The molecule has 0 saturated heterocycles. The van der Waals surface area contributed by atoms with E-state index in [1.807, 2.05) is 6.92 Å². The van der Waals surface area contributed by atoms with Crippen molar-refractivity contribution in [1.29, 1.82) is 0 Å². The predicted molar refractivity (Wildman–Crippen MR) is 348 cm³/mol. The van der Waals surface area contributed by atoms with Crippen LogP contribution in [0.4, 0.5) is 26.3 Å². The van der Waals surface area contributed by atoms with Crippen LogP contribution in [0.1, 0.15) is 294 Å². The molecule has 11 aliphatic rings. The van der Waals surface area contributed by atoms with Crippen LogP contribution in [0.2, 0.25) is 0 Å². The van der Waals surface area contributed by atoms with Gasteiger partial charge in [0.25, 0.3) is 0 Å². The Balaban J connectivity index is 0.000000245. The summed E-state index contributed by atoms with van der Waals surface area (Å²) in [5, 5.41) is 0. The minimum atomic E-state index is -4.71. The first-order valence-electron chi connectivity index (χ1n) is 35.0. The van der Waals surface area contributed by atoms with Crippen molar-refractivity contribution in [1.82, 2.24) is 0 Å². The quantitative estimate of drug-likeness (QED) is 0.0474. The Labute approximate surface area is 544 Å². The molecule has 10 nitrogen and oxygen atoms in total. The van der Waals surface area contributed by atoms with Crippen molar-refractivity contribution < 1.29 is 74.0 Å². The van der Waals surface area contributed by atoms with E-state index >= 15 is 0 Å². The molecule has 0 aromatic rings. The van der Waals surface area contributed by atoms with Gasteiger partial charge in [-0.15, -0.1) is 0 Å². The third-order valence-electron chi connectivity index (χ3n) is 22.2. The Kier molecular flexibility index (Phi) is 30.3. The van der Waals surface area contributed by atoms with E-state index in [-0.39, 0.29) is 54.0 Å². The van der Waals surface area contributed by atoms with Gasteiger partial charge in [0.15, 0.2) is 0 Å². The topological polar surface area (TPSA) is 132 Å². The molecule has 0 spiro atoms. The van der Waals surface area contributed by atoms with Crippen LogP contribution in [0.3, 0.4) is 0 Å². The zero-order chi connectivity index (χ0) is 66.9. The molecule has 0 heterocycles. The Morgan fingerprint density at radius 1 is 0.363 bits per heavy atom. The van der Waals surface area contributed by atoms with Gasteiger partial charge in [-0.2, -0.15) is 26.3 Å². The summed E-state index contributed by atoms with van der Waals surface area (Å²) in [5.41, 5.74) is -3.14. The molecular formula is C75H118F6O10. The van der Waals surface area contributed by atoms with Crippen LogP contribution in [0.15, 0.2) is 60.8 Å². The third-order valence-corrected chi connectivity index (χ3v) is 22.2. The molecule has 0 aromatic carbocycles. The van der Waals surface area contributed by atoms with Gasteiger partial charge in [0.05, 0.1) is 0 Å². The number of alkyl halides is 6. The molecule has 16 heteroatoms. The van der Waals surface area contributed by atoms with Crippen molar-refractivity contribution in [2.75, 3.05) is 0 Å². The lowest BCUT2D eigenvalue weighted by atomic mass is 9.49. The van der Waals surface area contributed by atoms with Crippen LogP contribution in [0.5, 0.6) is 0 Å². The van der Waals surface area contributed by atoms with Gasteiger partial charge in [-0.3, -0.25) is 0 Å². The minimum Gasteiger partial charge on any atom is -0.456 e. The molecule has 11 aliphatic carbocycles. The van der Waals surface area contributed by atoms with Crippen molar-refractivity contribution in [3.05, 3.63) is 60.8 Å². The Bertz CT molecular complexity index is 2390. The number of hydrogen-bond acceptors (Lipinski definition) is 10. The monoisotopic (exact) mass is 1290 g/mol. The molecule has 11 fully saturated rings. The predicted octanol–water partition coefficient (Wildman–Crippen LogP) is 21.1. The molecule has 8 bridgehead atoms. The van der Waals surface area contributed by atoms with Crippen molar-refractivity contribution in [3.8, 4) is 0 Å². The van der Waals surface area contributed by atoms with Gasteiger partial charge in [-0.05, 0) is 261 Å². The maximum Gasteiger partial charge on any atom is 0.422 e. The molecule has 11 saturated carbocycles. The van der Waals surface area contributed by atoms with E-state index < -0.39 is 46.6 Å². The van der Waals surface area contributed by atoms with Gasteiger partial charge < -0.3 is 23.7 Å². The van der Waals surface area contributed by atoms with Gasteiger partial charge in [-0.25, -0.2) is 24.0 Å². The van der Waals surface area contributed by atoms with E-state index in [1.54, 1.807) is 20.8 Å². The molecule has 520 valence electrons. The van der Waals surface area contributed by atoms with Crippen molar-refractivity contribution >= 4 is 29.8 Å².